The molecule has 0 radical (unpaired) electrons. The molecular weight excluding hydrogens is 463 g/mol. The maximum absolute atomic E-state index is 14.7. The molecule has 0 atom stereocenters. The summed E-state index contributed by atoms with van der Waals surface area (Å²) in [5.74, 6) is 0.926. The Balaban J connectivity index is 1.33. The predicted octanol–water partition coefficient (Wildman–Crippen LogP) is 6.52. The zero-order chi connectivity index (χ0) is 24.2. The van der Waals surface area contributed by atoms with Crippen LogP contribution < -0.4 is 5.32 Å². The second kappa shape index (κ2) is 9.99. The van der Waals surface area contributed by atoms with E-state index in [0.717, 1.165) is 16.8 Å². The van der Waals surface area contributed by atoms with Crippen molar-refractivity contribution in [3.63, 3.8) is 0 Å². The van der Waals surface area contributed by atoms with Crippen molar-refractivity contribution >= 4 is 23.4 Å². The van der Waals surface area contributed by atoms with Crippen LogP contribution in [0.5, 0.6) is 0 Å². The van der Waals surface area contributed by atoms with Crippen molar-refractivity contribution < 1.29 is 13.6 Å². The summed E-state index contributed by atoms with van der Waals surface area (Å²) in [5, 5.41) is 12.0. The first kappa shape index (κ1) is 22.6. The van der Waals surface area contributed by atoms with Gasteiger partial charge < -0.3 is 9.73 Å². The number of benzene rings is 3. The van der Waals surface area contributed by atoms with E-state index in [1.54, 1.807) is 53.3 Å². The number of hydrogen-bond acceptors (Lipinski definition) is 5. The molecule has 5 aromatic rings. The highest BCUT2D eigenvalue weighted by molar-refractivity contribution is 7.98. The van der Waals surface area contributed by atoms with E-state index in [9.17, 15) is 9.18 Å². The minimum Gasteiger partial charge on any atom is -0.461 e. The zero-order valence-electron chi connectivity index (χ0n) is 18.8. The molecule has 0 unspecified atom stereocenters. The molecule has 35 heavy (non-hydrogen) atoms. The predicted molar refractivity (Wildman–Crippen MR) is 134 cm³/mol. The Hall–Kier alpha value is -4.17. The van der Waals surface area contributed by atoms with Gasteiger partial charge >= 0.3 is 0 Å². The van der Waals surface area contributed by atoms with Crippen LogP contribution in [0.3, 0.4) is 0 Å². The lowest BCUT2D eigenvalue weighted by molar-refractivity contribution is 0.102. The van der Waals surface area contributed by atoms with Gasteiger partial charge in [-0.25, -0.2) is 4.39 Å². The molecule has 0 saturated carbocycles. The van der Waals surface area contributed by atoms with E-state index in [1.807, 2.05) is 43.3 Å². The van der Waals surface area contributed by atoms with E-state index in [4.69, 9.17) is 4.42 Å². The van der Waals surface area contributed by atoms with E-state index in [2.05, 4.69) is 15.5 Å². The van der Waals surface area contributed by atoms with Crippen molar-refractivity contribution in [1.82, 2.24) is 14.8 Å². The van der Waals surface area contributed by atoms with Crippen molar-refractivity contribution in [2.45, 2.75) is 17.8 Å². The number of aryl methyl sites for hydroxylation is 1. The summed E-state index contributed by atoms with van der Waals surface area (Å²) in [6.07, 6.45) is 1.54. The van der Waals surface area contributed by atoms with Gasteiger partial charge in [0.15, 0.2) is 10.9 Å². The zero-order valence-corrected chi connectivity index (χ0v) is 19.6. The number of aromatic nitrogens is 3. The third-order valence-corrected chi connectivity index (χ3v) is 6.33. The first-order valence-electron chi connectivity index (χ1n) is 10.9. The highest BCUT2D eigenvalue weighted by atomic mass is 32.2. The molecule has 0 aliphatic carbocycles. The minimum atomic E-state index is -0.383. The fourth-order valence-corrected chi connectivity index (χ4v) is 4.51. The average Bonchev–Trinajstić information content (AvgIpc) is 3.53. The number of para-hydroxylation sites is 1. The number of amides is 1. The van der Waals surface area contributed by atoms with Crippen LogP contribution in [0.15, 0.2) is 101 Å². The number of carbonyl (C=O) groups excluding carboxylic acids is 1. The molecule has 8 heteroatoms. The molecule has 1 amide bonds. The highest BCUT2D eigenvalue weighted by Crippen LogP contribution is 2.31. The smallest absolute Gasteiger partial charge is 0.255 e. The summed E-state index contributed by atoms with van der Waals surface area (Å²) in [4.78, 5) is 12.6. The Labute approximate surface area is 205 Å². The van der Waals surface area contributed by atoms with Gasteiger partial charge in [0.25, 0.3) is 5.91 Å². The van der Waals surface area contributed by atoms with Crippen LogP contribution in [0.2, 0.25) is 0 Å². The molecule has 1 N–H and O–H groups in total. The van der Waals surface area contributed by atoms with Crippen LogP contribution in [0, 0.1) is 12.7 Å². The van der Waals surface area contributed by atoms with Gasteiger partial charge in [-0.15, -0.1) is 10.2 Å². The summed E-state index contributed by atoms with van der Waals surface area (Å²) in [5.41, 5.74) is 3.73. The number of thioether (sulfide) groups is 1. The van der Waals surface area contributed by atoms with Crippen molar-refractivity contribution in [2.75, 3.05) is 5.32 Å². The molecule has 2 heterocycles. The van der Waals surface area contributed by atoms with Crippen molar-refractivity contribution in [2.24, 2.45) is 0 Å². The van der Waals surface area contributed by atoms with Crippen LogP contribution in [0.1, 0.15) is 21.5 Å². The Bertz CT molecular complexity index is 1460. The largest absolute Gasteiger partial charge is 0.461 e. The lowest BCUT2D eigenvalue weighted by Gasteiger charge is -2.10. The first-order chi connectivity index (χ1) is 17.1. The van der Waals surface area contributed by atoms with Gasteiger partial charge in [-0.05, 0) is 66.6 Å². The molecule has 0 saturated heterocycles. The number of nitrogens with zero attached hydrogens (tertiary/aromatic N) is 3. The van der Waals surface area contributed by atoms with E-state index in [0.29, 0.717) is 33.7 Å². The lowest BCUT2D eigenvalue weighted by atomic mass is 10.1. The fraction of sp³-hybridized carbons (Fsp3) is 0.0741. The monoisotopic (exact) mass is 484 g/mol. The second-order valence-corrected chi connectivity index (χ2v) is 8.82. The maximum Gasteiger partial charge on any atom is 0.255 e. The summed E-state index contributed by atoms with van der Waals surface area (Å²) in [6.45, 7) is 1.98. The van der Waals surface area contributed by atoms with E-state index in [-0.39, 0.29) is 11.7 Å². The van der Waals surface area contributed by atoms with Gasteiger partial charge in [0, 0.05) is 17.0 Å². The standard InChI is InChI=1S/C27H21FN4O2S/c1-18-6-4-7-21(16-18)29-26(33)20-13-11-19(12-14-20)17-35-27-31-30-25(24-10-5-15-34-24)32(27)23-9-3-2-8-22(23)28/h2-16H,17H2,1H3,(H,29,33). The lowest BCUT2D eigenvalue weighted by Crippen LogP contribution is -2.11. The third-order valence-electron chi connectivity index (χ3n) is 5.33. The van der Waals surface area contributed by atoms with Crippen LogP contribution >= 0.6 is 11.8 Å². The second-order valence-electron chi connectivity index (χ2n) is 7.88. The number of halogens is 1. The molecule has 6 nitrogen and oxygen atoms in total. The van der Waals surface area contributed by atoms with Crippen molar-refractivity contribution in [1.29, 1.82) is 0 Å². The number of furan rings is 1. The minimum absolute atomic E-state index is 0.169. The Morgan fingerprint density at radius 3 is 2.57 bits per heavy atom. The highest BCUT2D eigenvalue weighted by Gasteiger charge is 2.20. The average molecular weight is 485 g/mol. The molecule has 174 valence electrons. The molecular formula is C27H21FN4O2S. The molecule has 2 aromatic heterocycles. The molecule has 0 spiro atoms. The van der Waals surface area contributed by atoms with Crippen LogP contribution in [0.25, 0.3) is 17.3 Å². The van der Waals surface area contributed by atoms with E-state index < -0.39 is 0 Å². The molecule has 0 fully saturated rings. The van der Waals surface area contributed by atoms with Crippen molar-refractivity contribution in [3.8, 4) is 17.3 Å². The quantitative estimate of drug-likeness (QED) is 0.266. The fourth-order valence-electron chi connectivity index (χ4n) is 3.61. The van der Waals surface area contributed by atoms with Gasteiger partial charge in [0.1, 0.15) is 5.82 Å². The molecule has 0 aliphatic heterocycles. The Morgan fingerprint density at radius 1 is 1.00 bits per heavy atom. The van der Waals surface area contributed by atoms with Gasteiger partial charge in [0.05, 0.1) is 12.0 Å². The SMILES string of the molecule is Cc1cccc(NC(=O)c2ccc(CSc3nnc(-c4ccco4)n3-c3ccccc3F)cc2)c1. The van der Waals surface area contributed by atoms with Crippen LogP contribution in [-0.4, -0.2) is 20.7 Å². The number of nitrogens with one attached hydrogen (secondary N) is 1. The van der Waals surface area contributed by atoms with Crippen LogP contribution in [0.4, 0.5) is 10.1 Å². The first-order valence-corrected chi connectivity index (χ1v) is 11.9. The number of carbonyl (C=O) groups is 1. The Morgan fingerprint density at radius 2 is 1.83 bits per heavy atom. The Kier molecular flexibility index (Phi) is 6.45. The third kappa shape index (κ3) is 5.02. The summed E-state index contributed by atoms with van der Waals surface area (Å²) in [6, 6.07) is 25.0. The normalized spacial score (nSPS) is 10.9. The molecule has 0 bridgehead atoms. The number of hydrogen-bond donors (Lipinski definition) is 1. The van der Waals surface area contributed by atoms with E-state index in [1.165, 1.54) is 17.8 Å². The van der Waals surface area contributed by atoms with E-state index >= 15 is 0 Å². The maximum atomic E-state index is 14.7. The number of rotatable bonds is 7. The van der Waals surface area contributed by atoms with Crippen molar-refractivity contribution in [3.05, 3.63) is 114 Å². The van der Waals surface area contributed by atoms with Gasteiger partial charge in [-0.1, -0.05) is 48.2 Å². The van der Waals surface area contributed by atoms with Gasteiger partial charge in [-0.2, -0.15) is 0 Å². The summed E-state index contributed by atoms with van der Waals surface area (Å²) >= 11 is 1.42. The number of anilines is 1. The van der Waals surface area contributed by atoms with Gasteiger partial charge in [0.2, 0.25) is 5.82 Å². The topological polar surface area (TPSA) is 73.0 Å². The summed E-state index contributed by atoms with van der Waals surface area (Å²) in [7, 11) is 0. The van der Waals surface area contributed by atoms with Gasteiger partial charge in [-0.3, -0.25) is 9.36 Å². The molecule has 0 aliphatic rings. The summed E-state index contributed by atoms with van der Waals surface area (Å²) < 4.78 is 21.8. The molecule has 5 rings (SSSR count). The van der Waals surface area contributed by atoms with Crippen LogP contribution in [-0.2, 0) is 5.75 Å². The molecule has 3 aromatic carbocycles.